The quantitative estimate of drug-likeness (QED) is 0.109. The molecule has 2 heterocycles. The van der Waals surface area contributed by atoms with Crippen LogP contribution in [-0.2, 0) is 9.59 Å². The van der Waals surface area contributed by atoms with Crippen LogP contribution in [-0.4, -0.2) is 33.3 Å². The fourth-order valence-corrected chi connectivity index (χ4v) is 5.56. The molecule has 0 aliphatic carbocycles. The lowest BCUT2D eigenvalue weighted by molar-refractivity contribution is -0.384. The van der Waals surface area contributed by atoms with Gasteiger partial charge in [-0.1, -0.05) is 41.2 Å². The minimum absolute atomic E-state index is 0.154. The van der Waals surface area contributed by atoms with Gasteiger partial charge in [0.2, 0.25) is 0 Å². The number of hydrogen-bond donors (Lipinski definition) is 1. The first-order valence-electron chi connectivity index (χ1n) is 11.9. The number of benzene rings is 3. The molecule has 1 amide bonds. The van der Waals surface area contributed by atoms with Gasteiger partial charge >= 0.3 is 5.91 Å². The number of nitro benzene ring substituents is 1. The van der Waals surface area contributed by atoms with Gasteiger partial charge in [-0.3, -0.25) is 24.6 Å². The molecule has 0 saturated carbocycles. The number of ketones is 1. The lowest BCUT2D eigenvalue weighted by atomic mass is 9.93. The maximum absolute atomic E-state index is 13.5. The van der Waals surface area contributed by atoms with Crippen LogP contribution in [0.5, 0.6) is 5.75 Å². The van der Waals surface area contributed by atoms with Crippen LogP contribution in [0.1, 0.15) is 35.2 Å². The van der Waals surface area contributed by atoms with Crippen molar-refractivity contribution in [3.63, 3.8) is 0 Å². The average Bonchev–Trinajstić information content (AvgIpc) is 3.43. The molecule has 1 saturated heterocycles. The van der Waals surface area contributed by atoms with Crippen LogP contribution in [0.25, 0.3) is 16.0 Å². The Morgan fingerprint density at radius 1 is 1.13 bits per heavy atom. The molecular formula is C28H23N3O6S. The highest BCUT2D eigenvalue weighted by molar-refractivity contribution is 7.22. The molecular weight excluding hydrogens is 506 g/mol. The summed E-state index contributed by atoms with van der Waals surface area (Å²) in [7, 11) is 0. The number of carbonyl (C=O) groups is 2. The van der Waals surface area contributed by atoms with Crippen molar-refractivity contribution in [3.8, 4) is 5.75 Å². The number of hydrogen-bond acceptors (Lipinski definition) is 8. The topological polar surface area (TPSA) is 123 Å². The summed E-state index contributed by atoms with van der Waals surface area (Å²) in [5, 5.41) is 23.2. The van der Waals surface area contributed by atoms with Gasteiger partial charge in [0.05, 0.1) is 33.4 Å². The van der Waals surface area contributed by atoms with Gasteiger partial charge in [-0.05, 0) is 56.2 Å². The lowest BCUT2D eigenvalue weighted by Gasteiger charge is -2.23. The van der Waals surface area contributed by atoms with Crippen molar-refractivity contribution in [2.75, 3.05) is 11.5 Å². The standard InChI is InChI=1S/C28H23N3O6S/c1-4-37-19-10-11-21-22(14-19)38-28(29-21)30-24(17-6-5-7-18(13-17)31(35)36)23(26(33)27(30)34)25(32)20-12-15(2)8-9-16(20)3/h5-14,24,32H,4H2,1-3H3/b25-23+. The summed E-state index contributed by atoms with van der Waals surface area (Å²) in [5.74, 6) is -1.47. The van der Waals surface area contributed by atoms with Crippen molar-refractivity contribution in [2.24, 2.45) is 0 Å². The second kappa shape index (κ2) is 9.71. The summed E-state index contributed by atoms with van der Waals surface area (Å²) in [6, 6.07) is 15.3. The first-order valence-corrected chi connectivity index (χ1v) is 12.7. The van der Waals surface area contributed by atoms with Crippen LogP contribution in [0, 0.1) is 24.0 Å². The maximum Gasteiger partial charge on any atom is 0.301 e. The smallest absolute Gasteiger partial charge is 0.301 e. The number of anilines is 1. The largest absolute Gasteiger partial charge is 0.507 e. The van der Waals surface area contributed by atoms with Crippen LogP contribution in [0.4, 0.5) is 10.8 Å². The number of aliphatic hydroxyl groups excluding tert-OH is 1. The average molecular weight is 530 g/mol. The van der Waals surface area contributed by atoms with Crippen LogP contribution >= 0.6 is 11.3 Å². The van der Waals surface area contributed by atoms with Crippen LogP contribution in [0.3, 0.4) is 0 Å². The number of non-ortho nitro benzene ring substituents is 1. The minimum atomic E-state index is -1.12. The number of nitro groups is 1. The van der Waals surface area contributed by atoms with Crippen molar-refractivity contribution in [1.29, 1.82) is 0 Å². The maximum atomic E-state index is 13.5. The number of Topliss-reactive ketones (excluding diaryl/α,β-unsaturated/α-hetero) is 1. The molecule has 1 aromatic heterocycles. The van der Waals surface area contributed by atoms with Gasteiger partial charge in [0.25, 0.3) is 11.5 Å². The Morgan fingerprint density at radius 3 is 2.66 bits per heavy atom. The van der Waals surface area contributed by atoms with E-state index in [4.69, 9.17) is 4.74 Å². The highest BCUT2D eigenvalue weighted by Gasteiger charge is 2.48. The van der Waals surface area contributed by atoms with E-state index in [9.17, 15) is 24.8 Å². The van der Waals surface area contributed by atoms with Gasteiger partial charge in [0, 0.05) is 17.7 Å². The molecule has 3 aromatic carbocycles. The molecule has 10 heteroatoms. The molecule has 1 aliphatic rings. The molecule has 0 bridgehead atoms. The fourth-order valence-electron chi connectivity index (χ4n) is 4.54. The Kier molecular flexibility index (Phi) is 6.41. The Balaban J connectivity index is 1.74. The van der Waals surface area contributed by atoms with E-state index in [-0.39, 0.29) is 22.2 Å². The minimum Gasteiger partial charge on any atom is -0.507 e. The van der Waals surface area contributed by atoms with Gasteiger partial charge in [0.15, 0.2) is 5.13 Å². The first kappa shape index (κ1) is 25.1. The second-order valence-electron chi connectivity index (χ2n) is 8.90. The number of fused-ring (bicyclic) bond motifs is 1. The third-order valence-electron chi connectivity index (χ3n) is 6.36. The predicted octanol–water partition coefficient (Wildman–Crippen LogP) is 5.85. The second-order valence-corrected chi connectivity index (χ2v) is 9.91. The summed E-state index contributed by atoms with van der Waals surface area (Å²) >= 11 is 1.19. The normalized spacial score (nSPS) is 16.8. The SMILES string of the molecule is CCOc1ccc2nc(N3C(=O)C(=O)/C(=C(/O)c4cc(C)ccc4C)C3c3cccc([N+](=O)[O-])c3)sc2c1. The van der Waals surface area contributed by atoms with Crippen LogP contribution < -0.4 is 9.64 Å². The number of thiazole rings is 1. The summed E-state index contributed by atoms with van der Waals surface area (Å²) < 4.78 is 6.31. The molecule has 1 N–H and O–H groups in total. The number of nitrogens with zero attached hydrogens (tertiary/aromatic N) is 3. The third kappa shape index (κ3) is 4.28. The molecule has 5 rings (SSSR count). The zero-order valence-electron chi connectivity index (χ0n) is 20.8. The highest BCUT2D eigenvalue weighted by Crippen LogP contribution is 2.45. The number of rotatable bonds is 6. The molecule has 1 atom stereocenters. The van der Waals surface area contributed by atoms with E-state index in [0.29, 0.717) is 34.6 Å². The van der Waals surface area contributed by atoms with Gasteiger partial charge in [-0.2, -0.15) is 0 Å². The summed E-state index contributed by atoms with van der Waals surface area (Å²) in [6.07, 6.45) is 0. The molecule has 1 unspecified atom stereocenters. The number of amides is 1. The first-order chi connectivity index (χ1) is 18.2. The molecule has 192 valence electrons. The molecule has 0 spiro atoms. The number of aryl methyl sites for hydroxylation is 2. The van der Waals surface area contributed by atoms with E-state index in [1.165, 1.54) is 34.4 Å². The number of carbonyl (C=O) groups excluding carboxylic acids is 2. The van der Waals surface area contributed by atoms with Crippen molar-refractivity contribution in [2.45, 2.75) is 26.8 Å². The summed E-state index contributed by atoms with van der Waals surface area (Å²) in [4.78, 5) is 43.8. The van der Waals surface area contributed by atoms with E-state index < -0.39 is 22.7 Å². The Bertz CT molecular complexity index is 1660. The third-order valence-corrected chi connectivity index (χ3v) is 7.37. The van der Waals surface area contributed by atoms with E-state index in [0.717, 1.165) is 10.3 Å². The number of ether oxygens (including phenoxy) is 1. The number of aromatic nitrogens is 1. The van der Waals surface area contributed by atoms with Crippen molar-refractivity contribution >= 4 is 49.8 Å². The molecule has 38 heavy (non-hydrogen) atoms. The van der Waals surface area contributed by atoms with Crippen LogP contribution in [0.15, 0.2) is 66.2 Å². The lowest BCUT2D eigenvalue weighted by Crippen LogP contribution is -2.29. The fraction of sp³-hybridized carbons (Fsp3) is 0.179. The van der Waals surface area contributed by atoms with Crippen molar-refractivity contribution < 1.29 is 24.4 Å². The van der Waals surface area contributed by atoms with Gasteiger partial charge in [-0.25, -0.2) is 4.98 Å². The van der Waals surface area contributed by atoms with Gasteiger partial charge in [0.1, 0.15) is 11.5 Å². The zero-order valence-corrected chi connectivity index (χ0v) is 21.6. The van der Waals surface area contributed by atoms with Gasteiger partial charge in [-0.15, -0.1) is 0 Å². The Labute approximate surface area is 221 Å². The van der Waals surface area contributed by atoms with E-state index in [1.807, 2.05) is 26.0 Å². The van der Waals surface area contributed by atoms with Crippen LogP contribution in [0.2, 0.25) is 0 Å². The van der Waals surface area contributed by atoms with Crippen molar-refractivity contribution in [3.05, 3.63) is 98.6 Å². The van der Waals surface area contributed by atoms with E-state index in [1.54, 1.807) is 37.3 Å². The predicted molar refractivity (Wildman–Crippen MR) is 145 cm³/mol. The van der Waals surface area contributed by atoms with E-state index >= 15 is 0 Å². The van der Waals surface area contributed by atoms with Gasteiger partial charge < -0.3 is 9.84 Å². The molecule has 4 aromatic rings. The summed E-state index contributed by atoms with van der Waals surface area (Å²) in [5.41, 5.74) is 2.52. The molecule has 9 nitrogen and oxygen atoms in total. The Hall–Kier alpha value is -4.57. The molecule has 1 fully saturated rings. The van der Waals surface area contributed by atoms with E-state index in [2.05, 4.69) is 4.98 Å². The van der Waals surface area contributed by atoms with Crippen molar-refractivity contribution in [1.82, 2.24) is 4.98 Å². The molecule has 0 radical (unpaired) electrons. The summed E-state index contributed by atoms with van der Waals surface area (Å²) in [6.45, 7) is 5.99. The number of aliphatic hydroxyl groups is 1. The monoisotopic (exact) mass is 529 g/mol. The highest BCUT2D eigenvalue weighted by atomic mass is 32.1. The zero-order chi connectivity index (χ0) is 27.1. The molecule has 1 aliphatic heterocycles. The Morgan fingerprint density at radius 2 is 1.92 bits per heavy atom.